The third kappa shape index (κ3) is 5.96. The van der Waals surface area contributed by atoms with Gasteiger partial charge in [-0.2, -0.15) is 0 Å². The summed E-state index contributed by atoms with van der Waals surface area (Å²) in [6.45, 7) is 0. The maximum Gasteiger partial charge on any atom is 0.270 e. The number of pyridine rings is 1. The quantitative estimate of drug-likeness (QED) is 0.375. The van der Waals surface area contributed by atoms with E-state index >= 15 is 0 Å². The maximum absolute atomic E-state index is 12.9. The summed E-state index contributed by atoms with van der Waals surface area (Å²) in [5.74, 6) is -2.08. The number of nitrogens with two attached hydrogens (primary N) is 2. The molecule has 0 saturated heterocycles. The SMILES string of the molecule is NC(=O)CC(NC(=O)c1ccc2ccccc2n1)C(=O)C(N)C(O)CCc1ccccc1. The average molecular weight is 434 g/mol. The van der Waals surface area contributed by atoms with Gasteiger partial charge in [0.05, 0.1) is 30.1 Å². The zero-order valence-electron chi connectivity index (χ0n) is 17.5. The molecule has 2 amide bonds. The molecule has 6 N–H and O–H groups in total. The van der Waals surface area contributed by atoms with Crippen molar-refractivity contribution in [2.45, 2.75) is 37.5 Å². The van der Waals surface area contributed by atoms with Gasteiger partial charge in [0, 0.05) is 5.39 Å². The first kappa shape index (κ1) is 23.1. The van der Waals surface area contributed by atoms with Crippen LogP contribution in [0.25, 0.3) is 10.9 Å². The van der Waals surface area contributed by atoms with Gasteiger partial charge in [0.1, 0.15) is 5.69 Å². The van der Waals surface area contributed by atoms with Crippen LogP contribution in [-0.2, 0) is 16.0 Å². The summed E-state index contributed by atoms with van der Waals surface area (Å²) in [5, 5.41) is 13.8. The van der Waals surface area contributed by atoms with E-state index in [0.29, 0.717) is 11.9 Å². The van der Waals surface area contributed by atoms with Gasteiger partial charge in [0.25, 0.3) is 5.91 Å². The highest BCUT2D eigenvalue weighted by Crippen LogP contribution is 2.13. The van der Waals surface area contributed by atoms with E-state index in [1.807, 2.05) is 42.5 Å². The number of Topliss-reactive ketones (excluding diaryl/α,β-unsaturated/α-hetero) is 1. The first-order chi connectivity index (χ1) is 15.3. The Bertz CT molecular complexity index is 1100. The standard InChI is InChI=1S/C24H26N4O4/c25-21(30)14-19(23(31)22(26)20(29)13-10-15-6-2-1-3-7-15)28-24(32)18-12-11-16-8-4-5-9-17(16)27-18/h1-9,11-12,19-20,22,29H,10,13-14,26H2,(H2,25,30)(H,28,32). The van der Waals surface area contributed by atoms with Gasteiger partial charge in [-0.1, -0.05) is 54.6 Å². The number of hydrogen-bond acceptors (Lipinski definition) is 6. The lowest BCUT2D eigenvalue weighted by Gasteiger charge is -2.23. The second kappa shape index (κ2) is 10.6. The number of rotatable bonds is 10. The van der Waals surface area contributed by atoms with Crippen LogP contribution in [0.3, 0.4) is 0 Å². The summed E-state index contributed by atoms with van der Waals surface area (Å²) in [6.07, 6.45) is -0.803. The number of nitrogens with one attached hydrogen (secondary N) is 1. The molecule has 0 spiro atoms. The molecule has 3 aromatic rings. The van der Waals surface area contributed by atoms with Crippen LogP contribution in [0, 0.1) is 0 Å². The molecule has 166 valence electrons. The Morgan fingerprint density at radius 3 is 2.38 bits per heavy atom. The Kier molecular flexibility index (Phi) is 7.64. The van der Waals surface area contributed by atoms with Crippen LogP contribution < -0.4 is 16.8 Å². The van der Waals surface area contributed by atoms with E-state index in [4.69, 9.17) is 11.5 Å². The molecule has 0 aliphatic heterocycles. The third-order valence-corrected chi connectivity index (χ3v) is 5.20. The monoisotopic (exact) mass is 434 g/mol. The van der Waals surface area contributed by atoms with Crippen molar-refractivity contribution in [3.63, 3.8) is 0 Å². The van der Waals surface area contributed by atoms with Crippen molar-refractivity contribution in [1.29, 1.82) is 0 Å². The Morgan fingerprint density at radius 2 is 1.66 bits per heavy atom. The number of para-hydroxylation sites is 1. The van der Waals surface area contributed by atoms with E-state index in [1.54, 1.807) is 18.2 Å². The highest BCUT2D eigenvalue weighted by Gasteiger charge is 2.32. The number of benzene rings is 2. The summed E-state index contributed by atoms with van der Waals surface area (Å²) < 4.78 is 0. The van der Waals surface area contributed by atoms with E-state index in [1.165, 1.54) is 6.07 Å². The van der Waals surface area contributed by atoms with Gasteiger partial charge < -0.3 is 21.9 Å². The zero-order valence-corrected chi connectivity index (χ0v) is 17.5. The number of hydrogen-bond donors (Lipinski definition) is 4. The van der Waals surface area contributed by atoms with Crippen LogP contribution >= 0.6 is 0 Å². The van der Waals surface area contributed by atoms with Gasteiger partial charge in [-0.05, 0) is 30.5 Å². The number of carbonyl (C=O) groups excluding carboxylic acids is 3. The number of nitrogens with zero attached hydrogens (tertiary/aromatic N) is 1. The van der Waals surface area contributed by atoms with Crippen LogP contribution in [-0.4, -0.2) is 45.9 Å². The molecule has 8 nitrogen and oxygen atoms in total. The highest BCUT2D eigenvalue weighted by atomic mass is 16.3. The van der Waals surface area contributed by atoms with E-state index in [-0.39, 0.29) is 12.1 Å². The predicted molar refractivity (Wildman–Crippen MR) is 121 cm³/mol. The van der Waals surface area contributed by atoms with Crippen LogP contribution in [0.15, 0.2) is 66.7 Å². The number of aliphatic hydroxyl groups excluding tert-OH is 1. The third-order valence-electron chi connectivity index (χ3n) is 5.20. The molecule has 0 bridgehead atoms. The number of aromatic nitrogens is 1. The number of aryl methyl sites for hydroxylation is 1. The molecule has 0 saturated carbocycles. The molecule has 1 aromatic heterocycles. The molecule has 0 aliphatic carbocycles. The molecule has 2 aromatic carbocycles. The van der Waals surface area contributed by atoms with Crippen LogP contribution in [0.5, 0.6) is 0 Å². The average Bonchev–Trinajstić information content (AvgIpc) is 2.81. The number of ketones is 1. The normalized spacial score (nSPS) is 13.8. The lowest BCUT2D eigenvalue weighted by molar-refractivity contribution is -0.128. The molecule has 3 rings (SSSR count). The molecule has 3 atom stereocenters. The van der Waals surface area contributed by atoms with Gasteiger partial charge in [-0.3, -0.25) is 14.4 Å². The Morgan fingerprint density at radius 1 is 0.969 bits per heavy atom. The summed E-state index contributed by atoms with van der Waals surface area (Å²) in [5.41, 5.74) is 12.9. The second-order valence-electron chi connectivity index (χ2n) is 7.61. The van der Waals surface area contributed by atoms with Crippen LogP contribution in [0.2, 0.25) is 0 Å². The van der Waals surface area contributed by atoms with Gasteiger partial charge in [-0.15, -0.1) is 0 Å². The largest absolute Gasteiger partial charge is 0.391 e. The van der Waals surface area contributed by atoms with Gasteiger partial charge in [-0.25, -0.2) is 4.98 Å². The molecule has 32 heavy (non-hydrogen) atoms. The molecule has 0 radical (unpaired) electrons. The van der Waals surface area contributed by atoms with E-state index < -0.39 is 42.2 Å². The minimum atomic E-state index is -1.28. The van der Waals surface area contributed by atoms with E-state index in [0.717, 1.165) is 10.9 Å². The predicted octanol–water partition coefficient (Wildman–Crippen LogP) is 1.10. The van der Waals surface area contributed by atoms with Crippen molar-refractivity contribution >= 4 is 28.5 Å². The Balaban J connectivity index is 1.68. The molecular weight excluding hydrogens is 408 g/mol. The number of fused-ring (bicyclic) bond motifs is 1. The van der Waals surface area contributed by atoms with E-state index in [2.05, 4.69) is 10.3 Å². The second-order valence-corrected chi connectivity index (χ2v) is 7.61. The van der Waals surface area contributed by atoms with Gasteiger partial charge in [0.2, 0.25) is 5.91 Å². The minimum Gasteiger partial charge on any atom is -0.391 e. The molecule has 0 fully saturated rings. The first-order valence-electron chi connectivity index (χ1n) is 10.3. The van der Waals surface area contributed by atoms with Crippen LogP contribution in [0.1, 0.15) is 28.9 Å². The fourth-order valence-corrected chi connectivity index (χ4v) is 3.41. The summed E-state index contributed by atoms with van der Waals surface area (Å²) in [7, 11) is 0. The fraction of sp³-hybridized carbons (Fsp3) is 0.250. The Hall–Kier alpha value is -3.62. The number of primary amides is 1. The summed E-state index contributed by atoms with van der Waals surface area (Å²) >= 11 is 0. The molecule has 3 unspecified atom stereocenters. The lowest BCUT2D eigenvalue weighted by atomic mass is 9.94. The van der Waals surface area contributed by atoms with Crippen LogP contribution in [0.4, 0.5) is 0 Å². The van der Waals surface area contributed by atoms with Gasteiger partial charge >= 0.3 is 0 Å². The smallest absolute Gasteiger partial charge is 0.270 e. The highest BCUT2D eigenvalue weighted by molar-refractivity contribution is 6.00. The summed E-state index contributed by atoms with van der Waals surface area (Å²) in [6, 6.07) is 17.5. The van der Waals surface area contributed by atoms with Crippen molar-refractivity contribution in [2.24, 2.45) is 11.5 Å². The molecule has 1 heterocycles. The fourth-order valence-electron chi connectivity index (χ4n) is 3.41. The van der Waals surface area contributed by atoms with Crippen molar-refractivity contribution in [2.75, 3.05) is 0 Å². The summed E-state index contributed by atoms with van der Waals surface area (Å²) in [4.78, 5) is 41.4. The molecule has 0 aliphatic rings. The lowest BCUT2D eigenvalue weighted by Crippen LogP contribution is -2.53. The van der Waals surface area contributed by atoms with E-state index in [9.17, 15) is 19.5 Å². The zero-order chi connectivity index (χ0) is 23.1. The topological polar surface area (TPSA) is 148 Å². The van der Waals surface area contributed by atoms with Crippen molar-refractivity contribution in [3.8, 4) is 0 Å². The Labute approximate surface area is 185 Å². The molecule has 8 heteroatoms. The van der Waals surface area contributed by atoms with Crippen molar-refractivity contribution < 1.29 is 19.5 Å². The number of amides is 2. The molecular formula is C24H26N4O4. The minimum absolute atomic E-state index is 0.0872. The van der Waals surface area contributed by atoms with Crippen molar-refractivity contribution in [3.05, 3.63) is 78.0 Å². The van der Waals surface area contributed by atoms with Crippen molar-refractivity contribution in [1.82, 2.24) is 10.3 Å². The number of carbonyl (C=O) groups is 3. The maximum atomic E-state index is 12.9. The number of aliphatic hydroxyl groups is 1. The van der Waals surface area contributed by atoms with Gasteiger partial charge in [0.15, 0.2) is 5.78 Å². The first-order valence-corrected chi connectivity index (χ1v) is 10.3.